The smallest absolute Gasteiger partial charge is 0.277 e. The number of hydrogen-bond acceptors (Lipinski definition) is 7. The van der Waals surface area contributed by atoms with Crippen molar-refractivity contribution in [1.29, 1.82) is 0 Å². The molecule has 0 radical (unpaired) electrons. The summed E-state index contributed by atoms with van der Waals surface area (Å²) in [5, 5.41) is 11.5. The van der Waals surface area contributed by atoms with Crippen molar-refractivity contribution in [3.05, 3.63) is 59.4 Å². The third-order valence-corrected chi connectivity index (χ3v) is 4.47. The van der Waals surface area contributed by atoms with Crippen LogP contribution in [0.4, 0.5) is 5.69 Å². The molecule has 0 saturated carbocycles. The van der Waals surface area contributed by atoms with Gasteiger partial charge in [-0.3, -0.25) is 4.79 Å². The Morgan fingerprint density at radius 2 is 1.75 bits per heavy atom. The summed E-state index contributed by atoms with van der Waals surface area (Å²) in [5.74, 6) is 1.70. The zero-order valence-electron chi connectivity index (χ0n) is 15.1. The van der Waals surface area contributed by atoms with Gasteiger partial charge in [-0.1, -0.05) is 23.4 Å². The highest BCUT2D eigenvalue weighted by atomic mass is 35.5. The highest BCUT2D eigenvalue weighted by Gasteiger charge is 2.11. The highest BCUT2D eigenvalue weighted by Crippen LogP contribution is 2.20. The molecule has 0 aliphatic rings. The number of amides is 1. The second-order valence-electron chi connectivity index (χ2n) is 5.50. The van der Waals surface area contributed by atoms with Crippen LogP contribution in [0.15, 0.2) is 58.2 Å². The third kappa shape index (κ3) is 6.17. The van der Waals surface area contributed by atoms with E-state index in [1.165, 1.54) is 0 Å². The van der Waals surface area contributed by atoms with Gasteiger partial charge in [0.05, 0.1) is 12.4 Å². The molecule has 1 heterocycles. The number of halogens is 1. The molecule has 2 aromatic carbocycles. The third-order valence-electron chi connectivity index (χ3n) is 3.40. The van der Waals surface area contributed by atoms with E-state index in [1.807, 2.05) is 6.92 Å². The molecule has 7 nitrogen and oxygen atoms in total. The number of rotatable bonds is 9. The zero-order chi connectivity index (χ0) is 19.8. The van der Waals surface area contributed by atoms with Crippen LogP contribution in [0, 0.1) is 0 Å². The quantitative estimate of drug-likeness (QED) is 0.513. The second kappa shape index (κ2) is 10.0. The molecule has 0 saturated heterocycles. The molecule has 3 rings (SSSR count). The summed E-state index contributed by atoms with van der Waals surface area (Å²) in [6, 6.07) is 14.1. The second-order valence-corrected chi connectivity index (χ2v) is 6.86. The Kier molecular flexibility index (Phi) is 7.16. The SMILES string of the molecule is CCOc1ccc(NC(=O)CSc2nnc(COc3ccc(Cl)cc3)o2)cc1. The summed E-state index contributed by atoms with van der Waals surface area (Å²) in [7, 11) is 0. The standard InChI is InChI=1S/C19H18ClN3O4S/c1-2-25-15-9-5-14(6-10-15)21-17(24)12-28-19-23-22-18(27-19)11-26-16-7-3-13(20)4-8-16/h3-10H,2,11-12H2,1H3,(H,21,24). The van der Waals surface area contributed by atoms with Gasteiger partial charge in [-0.2, -0.15) is 0 Å². The molecule has 146 valence electrons. The van der Waals surface area contributed by atoms with Gasteiger partial charge < -0.3 is 19.2 Å². The van der Waals surface area contributed by atoms with Gasteiger partial charge in [0.15, 0.2) is 6.61 Å². The predicted octanol–water partition coefficient (Wildman–Crippen LogP) is 4.43. The molecular weight excluding hydrogens is 402 g/mol. The average molecular weight is 420 g/mol. The van der Waals surface area contributed by atoms with Crippen LogP contribution < -0.4 is 14.8 Å². The minimum absolute atomic E-state index is 0.133. The normalized spacial score (nSPS) is 10.5. The first-order chi connectivity index (χ1) is 13.6. The molecule has 0 atom stereocenters. The molecule has 1 amide bonds. The van der Waals surface area contributed by atoms with Gasteiger partial charge in [-0.25, -0.2) is 0 Å². The van der Waals surface area contributed by atoms with Crippen molar-refractivity contribution in [2.24, 2.45) is 0 Å². The molecule has 9 heteroatoms. The highest BCUT2D eigenvalue weighted by molar-refractivity contribution is 7.99. The van der Waals surface area contributed by atoms with Crippen LogP contribution in [0.3, 0.4) is 0 Å². The molecule has 0 aliphatic heterocycles. The minimum Gasteiger partial charge on any atom is -0.494 e. The summed E-state index contributed by atoms with van der Waals surface area (Å²) in [5.41, 5.74) is 0.691. The predicted molar refractivity (Wildman–Crippen MR) is 107 cm³/mol. The summed E-state index contributed by atoms with van der Waals surface area (Å²) >= 11 is 6.98. The zero-order valence-corrected chi connectivity index (χ0v) is 16.6. The van der Waals surface area contributed by atoms with Gasteiger partial charge in [0, 0.05) is 10.7 Å². The van der Waals surface area contributed by atoms with E-state index in [0.29, 0.717) is 34.2 Å². The largest absolute Gasteiger partial charge is 0.494 e. The molecule has 0 spiro atoms. The number of ether oxygens (including phenoxy) is 2. The van der Waals surface area contributed by atoms with Crippen molar-refractivity contribution in [2.45, 2.75) is 18.8 Å². The number of hydrogen-bond donors (Lipinski definition) is 1. The van der Waals surface area contributed by atoms with E-state index in [0.717, 1.165) is 17.5 Å². The molecule has 3 aromatic rings. The Morgan fingerprint density at radius 1 is 1.07 bits per heavy atom. The topological polar surface area (TPSA) is 86.5 Å². The molecule has 0 fully saturated rings. The Labute approximate surface area is 171 Å². The van der Waals surface area contributed by atoms with Gasteiger partial charge in [0.1, 0.15) is 11.5 Å². The van der Waals surface area contributed by atoms with Crippen molar-refractivity contribution in [1.82, 2.24) is 10.2 Å². The Bertz CT molecular complexity index is 900. The fourth-order valence-electron chi connectivity index (χ4n) is 2.16. The number of nitrogens with one attached hydrogen (secondary N) is 1. The van der Waals surface area contributed by atoms with E-state index in [9.17, 15) is 4.79 Å². The average Bonchev–Trinajstić information content (AvgIpc) is 3.16. The minimum atomic E-state index is -0.175. The fourth-order valence-corrected chi connectivity index (χ4v) is 2.86. The summed E-state index contributed by atoms with van der Waals surface area (Å²) in [6.45, 7) is 2.65. The van der Waals surface area contributed by atoms with E-state index in [1.54, 1.807) is 48.5 Å². The van der Waals surface area contributed by atoms with Gasteiger partial charge in [0.25, 0.3) is 11.1 Å². The van der Waals surface area contributed by atoms with E-state index in [2.05, 4.69) is 15.5 Å². The van der Waals surface area contributed by atoms with Crippen LogP contribution in [0.5, 0.6) is 11.5 Å². The number of anilines is 1. The molecule has 28 heavy (non-hydrogen) atoms. The van der Waals surface area contributed by atoms with Gasteiger partial charge in [-0.05, 0) is 55.5 Å². The molecule has 0 bridgehead atoms. The summed E-state index contributed by atoms with van der Waals surface area (Å²) in [6.07, 6.45) is 0. The van der Waals surface area contributed by atoms with Gasteiger partial charge in [-0.15, -0.1) is 10.2 Å². The van der Waals surface area contributed by atoms with Crippen LogP contribution in [0.1, 0.15) is 12.8 Å². The van der Waals surface area contributed by atoms with E-state index < -0.39 is 0 Å². The van der Waals surface area contributed by atoms with Crippen LogP contribution in [0.25, 0.3) is 0 Å². The first-order valence-electron chi connectivity index (χ1n) is 8.48. The Hall–Kier alpha value is -2.71. The van der Waals surface area contributed by atoms with Crippen molar-refractivity contribution in [3.8, 4) is 11.5 Å². The van der Waals surface area contributed by atoms with Crippen molar-refractivity contribution >= 4 is 35.0 Å². The van der Waals surface area contributed by atoms with E-state index in [4.69, 9.17) is 25.5 Å². The molecule has 1 aromatic heterocycles. The summed E-state index contributed by atoms with van der Waals surface area (Å²) in [4.78, 5) is 12.1. The molecule has 0 aliphatic carbocycles. The number of benzene rings is 2. The lowest BCUT2D eigenvalue weighted by Crippen LogP contribution is -2.13. The fraction of sp³-hybridized carbons (Fsp3) is 0.211. The van der Waals surface area contributed by atoms with Crippen LogP contribution in [-0.4, -0.2) is 28.5 Å². The lowest BCUT2D eigenvalue weighted by atomic mass is 10.3. The molecule has 1 N–H and O–H groups in total. The lowest BCUT2D eigenvalue weighted by molar-refractivity contribution is -0.113. The maximum atomic E-state index is 12.1. The van der Waals surface area contributed by atoms with Crippen LogP contribution in [0.2, 0.25) is 5.02 Å². The number of carbonyl (C=O) groups excluding carboxylic acids is 1. The lowest BCUT2D eigenvalue weighted by Gasteiger charge is -2.06. The molecular formula is C19H18ClN3O4S. The number of carbonyl (C=O) groups is 1. The Morgan fingerprint density at radius 3 is 2.46 bits per heavy atom. The van der Waals surface area contributed by atoms with E-state index in [-0.39, 0.29) is 18.3 Å². The van der Waals surface area contributed by atoms with Crippen LogP contribution >= 0.6 is 23.4 Å². The van der Waals surface area contributed by atoms with Crippen molar-refractivity contribution < 1.29 is 18.7 Å². The van der Waals surface area contributed by atoms with Crippen LogP contribution in [-0.2, 0) is 11.4 Å². The van der Waals surface area contributed by atoms with Gasteiger partial charge in [0.2, 0.25) is 5.91 Å². The van der Waals surface area contributed by atoms with Crippen molar-refractivity contribution in [3.63, 3.8) is 0 Å². The monoisotopic (exact) mass is 419 g/mol. The van der Waals surface area contributed by atoms with Crippen molar-refractivity contribution in [2.75, 3.05) is 17.7 Å². The first kappa shape index (κ1) is 20.0. The first-order valence-corrected chi connectivity index (χ1v) is 9.85. The maximum Gasteiger partial charge on any atom is 0.277 e. The number of thioether (sulfide) groups is 1. The Balaban J connectivity index is 1.43. The summed E-state index contributed by atoms with van der Waals surface area (Å²) < 4.78 is 16.4. The maximum absolute atomic E-state index is 12.1. The van der Waals surface area contributed by atoms with E-state index >= 15 is 0 Å². The number of aromatic nitrogens is 2. The number of nitrogens with zero attached hydrogens (tertiary/aromatic N) is 2. The molecule has 0 unspecified atom stereocenters. The van der Waals surface area contributed by atoms with Gasteiger partial charge >= 0.3 is 0 Å².